The molecule has 25 heavy (non-hydrogen) atoms. The minimum Gasteiger partial charge on any atom is -0.504 e. The Kier molecular flexibility index (Phi) is 2.67. The number of ether oxygens (including phenoxy) is 4. The third kappa shape index (κ3) is 1.89. The van der Waals surface area contributed by atoms with Crippen molar-refractivity contribution in [1.29, 1.82) is 0 Å². The molecule has 8 nitrogen and oxygen atoms in total. The third-order valence-electron chi connectivity index (χ3n) is 4.83. The van der Waals surface area contributed by atoms with E-state index in [1.165, 1.54) is 6.08 Å². The van der Waals surface area contributed by atoms with Gasteiger partial charge in [-0.25, -0.2) is 0 Å². The fraction of sp³-hybridized carbons (Fsp3) is 0.412. The van der Waals surface area contributed by atoms with Crippen LogP contribution in [0.25, 0.3) is 5.57 Å². The fourth-order valence-corrected chi connectivity index (χ4v) is 3.86. The van der Waals surface area contributed by atoms with E-state index in [2.05, 4.69) is 5.32 Å². The van der Waals surface area contributed by atoms with Crippen molar-refractivity contribution < 1.29 is 33.6 Å². The highest BCUT2D eigenvalue weighted by Gasteiger charge is 2.54. The maximum Gasteiger partial charge on any atom is 0.256 e. The molecule has 2 N–H and O–H groups in total. The standard InChI is InChI=1S/C17H15NO7/c1-17(2)24-13-8(19)3-7-6-4-9-14(23-5-22-9)12(20)10(6)16(21)18-11(7)15(13)25-17/h3-4,11,13,15,20H,5H2,1-2H3,(H,18,21). The van der Waals surface area contributed by atoms with Crippen molar-refractivity contribution in [2.45, 2.75) is 37.9 Å². The fourth-order valence-electron chi connectivity index (χ4n) is 3.86. The number of amides is 1. The number of hydrogen-bond acceptors (Lipinski definition) is 7. The number of nitrogens with one attached hydrogen (secondary N) is 1. The monoisotopic (exact) mass is 345 g/mol. The summed E-state index contributed by atoms with van der Waals surface area (Å²) in [5.74, 6) is -1.44. The molecule has 0 saturated carbocycles. The number of ketones is 1. The first-order chi connectivity index (χ1) is 11.9. The molecule has 1 saturated heterocycles. The second-order valence-electron chi connectivity index (χ2n) is 6.86. The molecule has 1 aromatic rings. The van der Waals surface area contributed by atoms with Crippen molar-refractivity contribution in [3.8, 4) is 17.2 Å². The van der Waals surface area contributed by atoms with E-state index in [0.717, 1.165) is 0 Å². The average Bonchev–Trinajstić information content (AvgIpc) is 3.12. The quantitative estimate of drug-likeness (QED) is 0.714. The summed E-state index contributed by atoms with van der Waals surface area (Å²) >= 11 is 0. The maximum atomic E-state index is 12.6. The first kappa shape index (κ1) is 14.7. The summed E-state index contributed by atoms with van der Waals surface area (Å²) in [5, 5.41) is 13.2. The zero-order chi connectivity index (χ0) is 17.5. The molecule has 5 rings (SSSR count). The number of carbonyl (C=O) groups is 2. The van der Waals surface area contributed by atoms with Crippen LogP contribution in [0.15, 0.2) is 12.1 Å². The van der Waals surface area contributed by atoms with Crippen molar-refractivity contribution in [3.63, 3.8) is 0 Å². The molecule has 3 heterocycles. The second kappa shape index (κ2) is 4.53. The van der Waals surface area contributed by atoms with Crippen LogP contribution in [-0.2, 0) is 14.3 Å². The minimum absolute atomic E-state index is 0.0371. The number of benzene rings is 1. The van der Waals surface area contributed by atoms with Crippen LogP contribution in [-0.4, -0.2) is 47.6 Å². The maximum absolute atomic E-state index is 12.6. The van der Waals surface area contributed by atoms with Gasteiger partial charge in [0.2, 0.25) is 12.5 Å². The third-order valence-corrected chi connectivity index (χ3v) is 4.83. The molecular weight excluding hydrogens is 330 g/mol. The molecule has 3 atom stereocenters. The lowest BCUT2D eigenvalue weighted by molar-refractivity contribution is -0.152. The van der Waals surface area contributed by atoms with Crippen LogP contribution >= 0.6 is 0 Å². The molecular formula is C17H15NO7. The summed E-state index contributed by atoms with van der Waals surface area (Å²) in [7, 11) is 0. The van der Waals surface area contributed by atoms with Crippen molar-refractivity contribution >= 4 is 17.3 Å². The van der Waals surface area contributed by atoms with E-state index in [9.17, 15) is 14.7 Å². The SMILES string of the molecule is CC1(C)OC2C(=O)C=C3c4cc5c(c(O)c4C(=O)NC3C2O1)OCO5. The Balaban J connectivity index is 1.69. The summed E-state index contributed by atoms with van der Waals surface area (Å²) in [5.41, 5.74) is 1.07. The minimum atomic E-state index is -0.920. The highest BCUT2D eigenvalue weighted by atomic mass is 16.8. The second-order valence-corrected chi connectivity index (χ2v) is 6.86. The Bertz CT molecular complexity index is 872. The van der Waals surface area contributed by atoms with Crippen LogP contribution in [0.2, 0.25) is 0 Å². The Hall–Kier alpha value is -2.58. The first-order valence-electron chi connectivity index (χ1n) is 7.93. The van der Waals surface area contributed by atoms with Gasteiger partial charge >= 0.3 is 0 Å². The van der Waals surface area contributed by atoms with Gasteiger partial charge in [-0.05, 0) is 31.6 Å². The summed E-state index contributed by atoms with van der Waals surface area (Å²) in [6.45, 7) is 3.41. The molecule has 1 aliphatic carbocycles. The van der Waals surface area contributed by atoms with E-state index in [1.54, 1.807) is 19.9 Å². The zero-order valence-electron chi connectivity index (χ0n) is 13.5. The van der Waals surface area contributed by atoms with E-state index in [1.807, 2.05) is 0 Å². The van der Waals surface area contributed by atoms with Gasteiger partial charge in [0, 0.05) is 5.56 Å². The van der Waals surface area contributed by atoms with E-state index in [-0.39, 0.29) is 29.6 Å². The predicted molar refractivity (Wildman–Crippen MR) is 82.3 cm³/mol. The van der Waals surface area contributed by atoms with Crippen LogP contribution in [0.3, 0.4) is 0 Å². The van der Waals surface area contributed by atoms with Crippen LogP contribution in [0.5, 0.6) is 17.2 Å². The van der Waals surface area contributed by atoms with Gasteiger partial charge in [-0.1, -0.05) is 0 Å². The molecule has 3 aliphatic heterocycles. The Labute approximate surface area is 142 Å². The lowest BCUT2D eigenvalue weighted by Crippen LogP contribution is -2.55. The Morgan fingerprint density at radius 2 is 2.04 bits per heavy atom. The molecule has 1 aromatic carbocycles. The van der Waals surface area contributed by atoms with Gasteiger partial charge in [-0.2, -0.15) is 0 Å². The number of hydrogen-bond donors (Lipinski definition) is 2. The molecule has 0 radical (unpaired) electrons. The van der Waals surface area contributed by atoms with Crippen molar-refractivity contribution in [2.75, 3.05) is 6.79 Å². The van der Waals surface area contributed by atoms with Gasteiger partial charge in [0.15, 0.2) is 29.2 Å². The molecule has 0 aromatic heterocycles. The summed E-state index contributed by atoms with van der Waals surface area (Å²) < 4.78 is 22.1. The average molecular weight is 345 g/mol. The number of phenols is 1. The number of rotatable bonds is 0. The molecule has 3 unspecified atom stereocenters. The van der Waals surface area contributed by atoms with Crippen LogP contribution in [0.1, 0.15) is 29.8 Å². The van der Waals surface area contributed by atoms with Crippen molar-refractivity contribution in [2.24, 2.45) is 0 Å². The molecule has 0 spiro atoms. The smallest absolute Gasteiger partial charge is 0.256 e. The molecule has 8 heteroatoms. The largest absolute Gasteiger partial charge is 0.504 e. The Morgan fingerprint density at radius 1 is 1.24 bits per heavy atom. The van der Waals surface area contributed by atoms with E-state index in [4.69, 9.17) is 18.9 Å². The number of phenolic OH excluding ortho intramolecular Hbond substituents is 1. The molecule has 1 amide bonds. The highest BCUT2D eigenvalue weighted by Crippen LogP contribution is 2.49. The van der Waals surface area contributed by atoms with E-state index in [0.29, 0.717) is 16.9 Å². The van der Waals surface area contributed by atoms with Crippen LogP contribution < -0.4 is 14.8 Å². The number of carbonyl (C=O) groups excluding carboxylic acids is 2. The molecule has 1 fully saturated rings. The zero-order valence-corrected chi connectivity index (χ0v) is 13.5. The molecule has 130 valence electrons. The summed E-state index contributed by atoms with van der Waals surface area (Å²) in [4.78, 5) is 25.1. The molecule has 4 aliphatic rings. The lowest BCUT2D eigenvalue weighted by Gasteiger charge is -2.36. The van der Waals surface area contributed by atoms with Gasteiger partial charge in [-0.15, -0.1) is 0 Å². The first-order valence-corrected chi connectivity index (χ1v) is 7.93. The van der Waals surface area contributed by atoms with Crippen LogP contribution in [0.4, 0.5) is 0 Å². The summed E-state index contributed by atoms with van der Waals surface area (Å²) in [6, 6.07) is 1.06. The lowest BCUT2D eigenvalue weighted by atomic mass is 9.80. The van der Waals surface area contributed by atoms with Gasteiger partial charge in [0.25, 0.3) is 5.91 Å². The topological polar surface area (TPSA) is 103 Å². The predicted octanol–water partition coefficient (Wildman–Crippen LogP) is 0.719. The normalized spacial score (nSPS) is 31.0. The highest BCUT2D eigenvalue weighted by molar-refractivity contribution is 6.12. The van der Waals surface area contributed by atoms with E-state index < -0.39 is 29.9 Å². The molecule has 0 bridgehead atoms. The number of aromatic hydroxyl groups is 1. The van der Waals surface area contributed by atoms with Crippen LogP contribution in [0, 0.1) is 0 Å². The summed E-state index contributed by atoms with van der Waals surface area (Å²) in [6.07, 6.45) is 0.0385. The Morgan fingerprint density at radius 3 is 2.84 bits per heavy atom. The van der Waals surface area contributed by atoms with Gasteiger partial charge in [0.05, 0.1) is 11.6 Å². The van der Waals surface area contributed by atoms with Gasteiger partial charge < -0.3 is 29.4 Å². The van der Waals surface area contributed by atoms with Gasteiger partial charge in [-0.3, -0.25) is 9.59 Å². The van der Waals surface area contributed by atoms with E-state index >= 15 is 0 Å². The van der Waals surface area contributed by atoms with Crippen molar-refractivity contribution in [3.05, 3.63) is 23.3 Å². The van der Waals surface area contributed by atoms with Crippen molar-refractivity contribution in [1.82, 2.24) is 5.32 Å². The number of fused-ring (bicyclic) bond motifs is 6. The van der Waals surface area contributed by atoms with Gasteiger partial charge in [0.1, 0.15) is 6.10 Å².